The molecule has 0 spiro atoms. The number of benzene rings is 1. The lowest BCUT2D eigenvalue weighted by atomic mass is 10.1. The molecule has 1 atom stereocenters. The van der Waals surface area contributed by atoms with Gasteiger partial charge in [0.25, 0.3) is 0 Å². The molecule has 0 heterocycles. The summed E-state index contributed by atoms with van der Waals surface area (Å²) in [6, 6.07) is 6.95. The number of methoxy groups -OCH3 is 1. The normalized spacial score (nSPS) is 12.4. The van der Waals surface area contributed by atoms with Gasteiger partial charge in [0.1, 0.15) is 18.1 Å². The lowest BCUT2D eigenvalue weighted by molar-refractivity contribution is -0.116. The quantitative estimate of drug-likeness (QED) is 0.723. The minimum absolute atomic E-state index is 0.257. The Balaban J connectivity index is 2.45. The number of rotatable bonds is 5. The predicted octanol–water partition coefficient (Wildman–Crippen LogP) is 1.54. The second kappa shape index (κ2) is 5.40. The van der Waals surface area contributed by atoms with Crippen molar-refractivity contribution in [2.24, 2.45) is 0 Å². The minimum atomic E-state index is -0.330. The number of aryl methyl sites for hydroxylation is 1. The van der Waals surface area contributed by atoms with Crippen molar-refractivity contribution in [1.29, 1.82) is 0 Å². The fraction of sp³-hybridized carbons (Fsp3) is 0.364. The number of carbonyl (C=O) groups excluding carboxylic acids is 1. The van der Waals surface area contributed by atoms with Crippen molar-refractivity contribution in [2.45, 2.75) is 18.9 Å². The monoisotopic (exact) mass is 194 g/mol. The highest BCUT2D eigenvalue weighted by Gasteiger charge is 2.04. The molecule has 3 nitrogen and oxygen atoms in total. The molecular weight excluding hydrogens is 180 g/mol. The maximum Gasteiger partial charge on any atom is 0.148 e. The average Bonchev–Trinajstić information content (AvgIpc) is 2.22. The van der Waals surface area contributed by atoms with E-state index in [1.807, 2.05) is 12.1 Å². The molecule has 1 aromatic carbocycles. The Labute approximate surface area is 83.3 Å². The molecule has 1 unspecified atom stereocenters. The molecule has 0 aliphatic carbocycles. The molecule has 3 heteroatoms. The van der Waals surface area contributed by atoms with Crippen LogP contribution in [0.4, 0.5) is 0 Å². The zero-order valence-corrected chi connectivity index (χ0v) is 8.14. The topological polar surface area (TPSA) is 46.5 Å². The Hall–Kier alpha value is -1.35. The van der Waals surface area contributed by atoms with Gasteiger partial charge in [-0.05, 0) is 30.5 Å². The summed E-state index contributed by atoms with van der Waals surface area (Å²) in [5.74, 6) is 0.257. The number of aldehydes is 1. The summed E-state index contributed by atoms with van der Waals surface area (Å²) in [6.45, 7) is 0. The third kappa shape index (κ3) is 3.18. The van der Waals surface area contributed by atoms with E-state index in [0.717, 1.165) is 18.3 Å². The molecule has 1 N–H and O–H groups in total. The van der Waals surface area contributed by atoms with Gasteiger partial charge in [0.2, 0.25) is 0 Å². The zero-order chi connectivity index (χ0) is 10.4. The van der Waals surface area contributed by atoms with Crippen LogP contribution in [-0.4, -0.2) is 24.6 Å². The third-order valence-electron chi connectivity index (χ3n) is 2.11. The summed E-state index contributed by atoms with van der Waals surface area (Å²) in [5.41, 5.74) is 1.09. The highest BCUT2D eigenvalue weighted by atomic mass is 16.5. The Bertz CT molecular complexity index is 279. The number of ether oxygens (including phenoxy) is 1. The first-order chi connectivity index (χ1) is 6.76. The number of aromatic hydroxyl groups is 1. The lowest BCUT2D eigenvalue weighted by Crippen LogP contribution is -2.12. The molecule has 0 amide bonds. The fourth-order valence-electron chi connectivity index (χ4n) is 1.21. The van der Waals surface area contributed by atoms with Crippen molar-refractivity contribution in [2.75, 3.05) is 7.11 Å². The molecule has 14 heavy (non-hydrogen) atoms. The van der Waals surface area contributed by atoms with Gasteiger partial charge >= 0.3 is 0 Å². The van der Waals surface area contributed by atoms with E-state index in [1.54, 1.807) is 12.1 Å². The van der Waals surface area contributed by atoms with Crippen LogP contribution in [0.25, 0.3) is 0 Å². The second-order valence-corrected chi connectivity index (χ2v) is 3.12. The molecule has 0 fully saturated rings. The van der Waals surface area contributed by atoms with Gasteiger partial charge < -0.3 is 14.6 Å². The van der Waals surface area contributed by atoms with Crippen LogP contribution in [-0.2, 0) is 16.0 Å². The van der Waals surface area contributed by atoms with Gasteiger partial charge in [-0.3, -0.25) is 0 Å². The first kappa shape index (κ1) is 10.7. The van der Waals surface area contributed by atoms with Crippen molar-refractivity contribution in [3.8, 4) is 5.75 Å². The molecule has 1 aromatic rings. The predicted molar refractivity (Wildman–Crippen MR) is 53.3 cm³/mol. The van der Waals surface area contributed by atoms with Crippen LogP contribution in [0.3, 0.4) is 0 Å². The summed E-state index contributed by atoms with van der Waals surface area (Å²) >= 11 is 0. The van der Waals surface area contributed by atoms with E-state index in [1.165, 1.54) is 7.11 Å². The van der Waals surface area contributed by atoms with Crippen molar-refractivity contribution >= 4 is 6.29 Å². The van der Waals surface area contributed by atoms with Crippen LogP contribution >= 0.6 is 0 Å². The maximum absolute atomic E-state index is 10.4. The molecule has 0 aromatic heterocycles. The van der Waals surface area contributed by atoms with Crippen molar-refractivity contribution in [3.63, 3.8) is 0 Å². The average molecular weight is 194 g/mol. The molecule has 1 rings (SSSR count). The van der Waals surface area contributed by atoms with E-state index in [-0.39, 0.29) is 11.9 Å². The molecule has 0 saturated carbocycles. The molecule has 0 bridgehead atoms. The highest BCUT2D eigenvalue weighted by Crippen LogP contribution is 2.12. The van der Waals surface area contributed by atoms with Crippen molar-refractivity contribution in [3.05, 3.63) is 29.8 Å². The maximum atomic E-state index is 10.4. The SMILES string of the molecule is COC(C=O)CCc1ccc(O)cc1. The lowest BCUT2D eigenvalue weighted by Gasteiger charge is -2.07. The smallest absolute Gasteiger partial charge is 0.148 e. The van der Waals surface area contributed by atoms with E-state index in [0.29, 0.717) is 6.42 Å². The minimum Gasteiger partial charge on any atom is -0.508 e. The first-order valence-corrected chi connectivity index (χ1v) is 4.52. The van der Waals surface area contributed by atoms with Gasteiger partial charge in [0, 0.05) is 7.11 Å². The summed E-state index contributed by atoms with van der Waals surface area (Å²) in [7, 11) is 1.52. The molecule has 0 saturated heterocycles. The Kier molecular flexibility index (Phi) is 4.13. The van der Waals surface area contributed by atoms with Crippen LogP contribution < -0.4 is 0 Å². The Morgan fingerprint density at radius 1 is 1.43 bits per heavy atom. The molecular formula is C11H14O3. The third-order valence-corrected chi connectivity index (χ3v) is 2.11. The van der Waals surface area contributed by atoms with Crippen molar-refractivity contribution in [1.82, 2.24) is 0 Å². The summed E-state index contributed by atoms with van der Waals surface area (Å²) in [6.07, 6.45) is 1.92. The van der Waals surface area contributed by atoms with Crippen LogP contribution in [0.1, 0.15) is 12.0 Å². The Morgan fingerprint density at radius 3 is 2.57 bits per heavy atom. The first-order valence-electron chi connectivity index (χ1n) is 4.52. The van der Waals surface area contributed by atoms with Crippen LogP contribution in [0.15, 0.2) is 24.3 Å². The number of phenolic OH excluding ortho intramolecular Hbond substituents is 1. The standard InChI is InChI=1S/C11H14O3/c1-14-11(8-12)7-4-9-2-5-10(13)6-3-9/h2-3,5-6,8,11,13H,4,7H2,1H3. The van der Waals surface area contributed by atoms with Gasteiger partial charge in [-0.1, -0.05) is 12.1 Å². The largest absolute Gasteiger partial charge is 0.508 e. The number of hydrogen-bond donors (Lipinski definition) is 1. The van der Waals surface area contributed by atoms with E-state index in [4.69, 9.17) is 9.84 Å². The molecule has 0 radical (unpaired) electrons. The second-order valence-electron chi connectivity index (χ2n) is 3.12. The number of phenols is 1. The van der Waals surface area contributed by atoms with E-state index < -0.39 is 0 Å². The van der Waals surface area contributed by atoms with Crippen LogP contribution in [0, 0.1) is 0 Å². The molecule has 0 aliphatic heterocycles. The zero-order valence-electron chi connectivity index (χ0n) is 8.14. The molecule has 0 aliphatic rings. The van der Waals surface area contributed by atoms with Crippen LogP contribution in [0.5, 0.6) is 5.75 Å². The summed E-state index contributed by atoms with van der Waals surface area (Å²) < 4.78 is 4.93. The van der Waals surface area contributed by atoms with E-state index >= 15 is 0 Å². The molecule has 76 valence electrons. The van der Waals surface area contributed by atoms with E-state index in [2.05, 4.69) is 0 Å². The Morgan fingerprint density at radius 2 is 2.07 bits per heavy atom. The van der Waals surface area contributed by atoms with Gasteiger partial charge in [-0.25, -0.2) is 0 Å². The van der Waals surface area contributed by atoms with Gasteiger partial charge in [-0.15, -0.1) is 0 Å². The van der Waals surface area contributed by atoms with Gasteiger partial charge in [0.15, 0.2) is 0 Å². The van der Waals surface area contributed by atoms with Crippen molar-refractivity contribution < 1.29 is 14.6 Å². The van der Waals surface area contributed by atoms with Crippen LogP contribution in [0.2, 0.25) is 0 Å². The van der Waals surface area contributed by atoms with Gasteiger partial charge in [-0.2, -0.15) is 0 Å². The number of carbonyl (C=O) groups is 1. The van der Waals surface area contributed by atoms with E-state index in [9.17, 15) is 4.79 Å². The summed E-state index contributed by atoms with van der Waals surface area (Å²) in [5, 5.41) is 9.05. The summed E-state index contributed by atoms with van der Waals surface area (Å²) in [4.78, 5) is 10.4. The fourth-order valence-corrected chi connectivity index (χ4v) is 1.21. The number of hydrogen-bond acceptors (Lipinski definition) is 3. The van der Waals surface area contributed by atoms with Gasteiger partial charge in [0.05, 0.1) is 0 Å². The highest BCUT2D eigenvalue weighted by molar-refractivity contribution is 5.55.